The standard InChI is InChI=1S/C13H18N4O4/c14-15-11-6-2-5-10(12(11)17(20)21)13(19)16(7-8-18)9-3-1-4-9/h2,5-6,9,15,18H,1,3-4,7-8,14H2. The number of aliphatic hydroxyl groups excluding tert-OH is 1. The average molecular weight is 294 g/mol. The van der Waals surface area contributed by atoms with Gasteiger partial charge in [-0.15, -0.1) is 0 Å². The monoisotopic (exact) mass is 294 g/mol. The highest BCUT2D eigenvalue weighted by atomic mass is 16.6. The molecule has 0 unspecified atom stereocenters. The SMILES string of the molecule is NNc1cccc(C(=O)N(CCO)C2CCC2)c1[N+](=O)[O-]. The molecule has 0 radical (unpaired) electrons. The molecule has 1 aliphatic carbocycles. The van der Waals surface area contributed by atoms with E-state index in [2.05, 4.69) is 5.43 Å². The number of nitrogens with two attached hydrogens (primary N) is 1. The lowest BCUT2D eigenvalue weighted by molar-refractivity contribution is -0.384. The van der Waals surface area contributed by atoms with Crippen molar-refractivity contribution in [2.24, 2.45) is 5.84 Å². The maximum absolute atomic E-state index is 12.6. The minimum atomic E-state index is -0.625. The number of aliphatic hydroxyl groups is 1. The minimum Gasteiger partial charge on any atom is -0.395 e. The number of nitrogen functional groups attached to an aromatic ring is 1. The number of hydrazine groups is 1. The van der Waals surface area contributed by atoms with Crippen LogP contribution in [0.4, 0.5) is 11.4 Å². The van der Waals surface area contributed by atoms with Gasteiger partial charge in [0.25, 0.3) is 5.91 Å². The summed E-state index contributed by atoms with van der Waals surface area (Å²) >= 11 is 0. The fourth-order valence-corrected chi connectivity index (χ4v) is 2.44. The van der Waals surface area contributed by atoms with Gasteiger partial charge >= 0.3 is 5.69 Å². The predicted octanol–water partition coefficient (Wildman–Crippen LogP) is 0.867. The summed E-state index contributed by atoms with van der Waals surface area (Å²) < 4.78 is 0. The molecular formula is C13H18N4O4. The smallest absolute Gasteiger partial charge is 0.306 e. The van der Waals surface area contributed by atoms with E-state index in [1.165, 1.54) is 23.1 Å². The first-order valence-electron chi connectivity index (χ1n) is 6.76. The van der Waals surface area contributed by atoms with E-state index in [1.807, 2.05) is 0 Å². The molecule has 8 heteroatoms. The summed E-state index contributed by atoms with van der Waals surface area (Å²) in [6.07, 6.45) is 2.73. The van der Waals surface area contributed by atoms with Crippen LogP contribution in [0.2, 0.25) is 0 Å². The Balaban J connectivity index is 2.39. The molecule has 1 fully saturated rings. The first kappa shape index (κ1) is 15.2. The third kappa shape index (κ3) is 2.96. The second-order valence-electron chi connectivity index (χ2n) is 4.91. The molecule has 2 rings (SSSR count). The molecule has 0 aliphatic heterocycles. The number of para-hydroxylation sites is 1. The van der Waals surface area contributed by atoms with Gasteiger partial charge in [-0.1, -0.05) is 6.07 Å². The van der Waals surface area contributed by atoms with E-state index in [4.69, 9.17) is 10.9 Å². The van der Waals surface area contributed by atoms with Crippen LogP contribution in [0.3, 0.4) is 0 Å². The van der Waals surface area contributed by atoms with Crippen LogP contribution in [0, 0.1) is 10.1 Å². The van der Waals surface area contributed by atoms with E-state index in [0.29, 0.717) is 0 Å². The number of nitro groups is 1. The summed E-state index contributed by atoms with van der Waals surface area (Å²) in [6.45, 7) is -0.00813. The fraction of sp³-hybridized carbons (Fsp3) is 0.462. The van der Waals surface area contributed by atoms with E-state index in [-0.39, 0.29) is 36.1 Å². The average Bonchev–Trinajstić information content (AvgIpc) is 2.43. The van der Waals surface area contributed by atoms with Gasteiger partial charge in [-0.05, 0) is 31.4 Å². The number of benzene rings is 1. The lowest BCUT2D eigenvalue weighted by atomic mass is 9.91. The quantitative estimate of drug-likeness (QED) is 0.406. The van der Waals surface area contributed by atoms with Crippen molar-refractivity contribution in [2.75, 3.05) is 18.6 Å². The van der Waals surface area contributed by atoms with Crippen molar-refractivity contribution >= 4 is 17.3 Å². The zero-order valence-corrected chi connectivity index (χ0v) is 11.5. The number of nitrogens with zero attached hydrogens (tertiary/aromatic N) is 2. The molecule has 1 aromatic carbocycles. The summed E-state index contributed by atoms with van der Waals surface area (Å²) in [4.78, 5) is 24.7. The lowest BCUT2D eigenvalue weighted by Crippen LogP contribution is -2.45. The summed E-state index contributed by atoms with van der Waals surface area (Å²) in [5.41, 5.74) is 1.97. The number of nitro benzene ring substituents is 1. The number of carbonyl (C=O) groups excluding carboxylic acids is 1. The summed E-state index contributed by atoms with van der Waals surface area (Å²) in [5.74, 6) is 4.82. The highest BCUT2D eigenvalue weighted by molar-refractivity contribution is 6.00. The molecule has 0 saturated heterocycles. The zero-order valence-electron chi connectivity index (χ0n) is 11.5. The van der Waals surface area contributed by atoms with Crippen LogP contribution in [0.15, 0.2) is 18.2 Å². The van der Waals surface area contributed by atoms with E-state index in [0.717, 1.165) is 19.3 Å². The second-order valence-corrected chi connectivity index (χ2v) is 4.91. The number of rotatable bonds is 6. The van der Waals surface area contributed by atoms with Crippen molar-refractivity contribution in [3.8, 4) is 0 Å². The largest absolute Gasteiger partial charge is 0.395 e. The minimum absolute atomic E-state index is 0.0178. The molecule has 0 spiro atoms. The van der Waals surface area contributed by atoms with Gasteiger partial charge in [-0.2, -0.15) is 0 Å². The van der Waals surface area contributed by atoms with Crippen molar-refractivity contribution in [1.82, 2.24) is 4.90 Å². The zero-order chi connectivity index (χ0) is 15.4. The Kier molecular flexibility index (Phi) is 4.71. The Morgan fingerprint density at radius 1 is 1.52 bits per heavy atom. The number of carbonyl (C=O) groups is 1. The van der Waals surface area contributed by atoms with Gasteiger partial charge in [0.05, 0.1) is 11.5 Å². The number of hydrogen-bond donors (Lipinski definition) is 3. The van der Waals surface area contributed by atoms with Crippen LogP contribution in [-0.2, 0) is 0 Å². The van der Waals surface area contributed by atoms with E-state index in [9.17, 15) is 14.9 Å². The topological polar surface area (TPSA) is 122 Å². The van der Waals surface area contributed by atoms with Crippen LogP contribution < -0.4 is 11.3 Å². The van der Waals surface area contributed by atoms with Crippen molar-refractivity contribution in [1.29, 1.82) is 0 Å². The highest BCUT2D eigenvalue weighted by Gasteiger charge is 2.33. The van der Waals surface area contributed by atoms with Crippen LogP contribution in [-0.4, -0.2) is 40.0 Å². The molecular weight excluding hydrogens is 276 g/mol. The van der Waals surface area contributed by atoms with E-state index in [1.54, 1.807) is 0 Å². The number of anilines is 1. The first-order chi connectivity index (χ1) is 10.1. The first-order valence-corrected chi connectivity index (χ1v) is 6.76. The highest BCUT2D eigenvalue weighted by Crippen LogP contribution is 2.32. The molecule has 8 nitrogen and oxygen atoms in total. The maximum Gasteiger partial charge on any atom is 0.306 e. The van der Waals surface area contributed by atoms with Crippen molar-refractivity contribution < 1.29 is 14.8 Å². The molecule has 114 valence electrons. The summed E-state index contributed by atoms with van der Waals surface area (Å²) in [6, 6.07) is 4.42. The second kappa shape index (κ2) is 6.51. The predicted molar refractivity (Wildman–Crippen MR) is 76.7 cm³/mol. The summed E-state index contributed by atoms with van der Waals surface area (Å²) in [5, 5.41) is 20.3. The molecule has 4 N–H and O–H groups in total. The number of amides is 1. The van der Waals surface area contributed by atoms with Gasteiger partial charge in [0.2, 0.25) is 0 Å². The third-order valence-electron chi connectivity index (χ3n) is 3.72. The number of hydrogen-bond acceptors (Lipinski definition) is 6. The Labute approximate surface area is 121 Å². The number of nitrogens with one attached hydrogen (secondary N) is 1. The van der Waals surface area contributed by atoms with Gasteiger partial charge in [0.15, 0.2) is 0 Å². The van der Waals surface area contributed by atoms with Gasteiger partial charge in [0, 0.05) is 12.6 Å². The molecule has 0 heterocycles. The summed E-state index contributed by atoms with van der Waals surface area (Å²) in [7, 11) is 0. The molecule has 1 aromatic rings. The third-order valence-corrected chi connectivity index (χ3v) is 3.72. The van der Waals surface area contributed by atoms with Crippen LogP contribution in [0.25, 0.3) is 0 Å². The van der Waals surface area contributed by atoms with Crippen LogP contribution in [0.5, 0.6) is 0 Å². The molecule has 21 heavy (non-hydrogen) atoms. The van der Waals surface area contributed by atoms with E-state index < -0.39 is 10.8 Å². The Morgan fingerprint density at radius 2 is 2.24 bits per heavy atom. The molecule has 0 atom stereocenters. The maximum atomic E-state index is 12.6. The lowest BCUT2D eigenvalue weighted by Gasteiger charge is -2.37. The molecule has 1 saturated carbocycles. The van der Waals surface area contributed by atoms with Gasteiger partial charge in [-0.3, -0.25) is 20.8 Å². The van der Waals surface area contributed by atoms with Gasteiger partial charge in [-0.25, -0.2) is 0 Å². The van der Waals surface area contributed by atoms with Gasteiger partial charge in [0.1, 0.15) is 11.3 Å². The fourth-order valence-electron chi connectivity index (χ4n) is 2.44. The van der Waals surface area contributed by atoms with Crippen molar-refractivity contribution in [3.63, 3.8) is 0 Å². The Morgan fingerprint density at radius 3 is 2.71 bits per heavy atom. The molecule has 0 bridgehead atoms. The van der Waals surface area contributed by atoms with Crippen molar-refractivity contribution in [2.45, 2.75) is 25.3 Å². The van der Waals surface area contributed by atoms with Crippen LogP contribution >= 0.6 is 0 Å². The molecule has 0 aromatic heterocycles. The van der Waals surface area contributed by atoms with Crippen molar-refractivity contribution in [3.05, 3.63) is 33.9 Å². The van der Waals surface area contributed by atoms with Crippen LogP contribution in [0.1, 0.15) is 29.6 Å². The molecule has 1 aliphatic rings. The van der Waals surface area contributed by atoms with Gasteiger partial charge < -0.3 is 15.4 Å². The van der Waals surface area contributed by atoms with E-state index >= 15 is 0 Å². The Bertz CT molecular complexity index is 545. The Hall–Kier alpha value is -2.19. The molecule has 1 amide bonds. The normalized spacial score (nSPS) is 14.4.